The number of benzene rings is 1. The Bertz CT molecular complexity index is 472. The highest BCUT2D eigenvalue weighted by Crippen LogP contribution is 2.33. The van der Waals surface area contributed by atoms with E-state index in [1.54, 1.807) is 0 Å². The fourth-order valence-corrected chi connectivity index (χ4v) is 3.56. The lowest BCUT2D eigenvalue weighted by molar-refractivity contribution is -0.0175. The smallest absolute Gasteiger partial charge is 0.189 e. The Morgan fingerprint density at radius 3 is 2.85 bits per heavy atom. The summed E-state index contributed by atoms with van der Waals surface area (Å²) >= 11 is 6.22. The van der Waals surface area contributed by atoms with E-state index in [1.807, 2.05) is 12.1 Å². The molecule has 1 fully saturated rings. The molecule has 20 heavy (non-hydrogen) atoms. The van der Waals surface area contributed by atoms with E-state index in [0.717, 1.165) is 22.9 Å². The van der Waals surface area contributed by atoms with Gasteiger partial charge in [-0.05, 0) is 32.0 Å². The van der Waals surface area contributed by atoms with E-state index in [-0.39, 0.29) is 0 Å². The number of halogens is 1. The molecule has 2 aliphatic rings. The minimum atomic E-state index is 0.342. The summed E-state index contributed by atoms with van der Waals surface area (Å²) in [6.45, 7) is 1.83. The number of ether oxygens (including phenoxy) is 2. The van der Waals surface area contributed by atoms with E-state index in [9.17, 15) is 0 Å². The SMILES string of the molecule is CN(Cc1cc(Cl)cc2c1OCOC2)C1CCCCC1. The van der Waals surface area contributed by atoms with Crippen LogP contribution in [0.3, 0.4) is 0 Å². The van der Waals surface area contributed by atoms with Gasteiger partial charge in [-0.1, -0.05) is 30.9 Å². The minimum Gasteiger partial charge on any atom is -0.467 e. The quantitative estimate of drug-likeness (QED) is 0.842. The van der Waals surface area contributed by atoms with E-state index in [1.165, 1.54) is 37.7 Å². The fraction of sp³-hybridized carbons (Fsp3) is 0.625. The maximum Gasteiger partial charge on any atom is 0.189 e. The predicted molar refractivity (Wildman–Crippen MR) is 80.1 cm³/mol. The van der Waals surface area contributed by atoms with Crippen molar-refractivity contribution in [3.8, 4) is 5.75 Å². The first-order valence-electron chi connectivity index (χ1n) is 7.46. The molecule has 0 aromatic heterocycles. The van der Waals surface area contributed by atoms with Gasteiger partial charge in [0.05, 0.1) is 6.61 Å². The van der Waals surface area contributed by atoms with Crippen LogP contribution in [0.5, 0.6) is 5.75 Å². The molecule has 1 aliphatic carbocycles. The highest BCUT2D eigenvalue weighted by molar-refractivity contribution is 6.30. The molecule has 0 amide bonds. The summed E-state index contributed by atoms with van der Waals surface area (Å²) in [5.74, 6) is 0.975. The minimum absolute atomic E-state index is 0.342. The molecule has 1 heterocycles. The second-order valence-electron chi connectivity index (χ2n) is 5.87. The van der Waals surface area contributed by atoms with Crippen molar-refractivity contribution in [1.82, 2.24) is 4.90 Å². The number of nitrogens with zero attached hydrogens (tertiary/aromatic N) is 1. The molecule has 1 aromatic carbocycles. The van der Waals surface area contributed by atoms with Crippen LogP contribution >= 0.6 is 11.6 Å². The molecule has 0 atom stereocenters. The molecular weight excluding hydrogens is 274 g/mol. The van der Waals surface area contributed by atoms with E-state index >= 15 is 0 Å². The molecule has 110 valence electrons. The number of hydrogen-bond acceptors (Lipinski definition) is 3. The van der Waals surface area contributed by atoms with Gasteiger partial charge in [-0.25, -0.2) is 0 Å². The van der Waals surface area contributed by atoms with Crippen LogP contribution in [0.1, 0.15) is 43.2 Å². The van der Waals surface area contributed by atoms with Crippen LogP contribution in [0.4, 0.5) is 0 Å². The molecule has 1 aliphatic heterocycles. The maximum atomic E-state index is 6.22. The van der Waals surface area contributed by atoms with Gasteiger partial charge in [0.15, 0.2) is 6.79 Å². The van der Waals surface area contributed by atoms with E-state index < -0.39 is 0 Å². The van der Waals surface area contributed by atoms with Crippen molar-refractivity contribution in [3.63, 3.8) is 0 Å². The highest BCUT2D eigenvalue weighted by atomic mass is 35.5. The summed E-state index contributed by atoms with van der Waals surface area (Å²) in [7, 11) is 2.21. The number of fused-ring (bicyclic) bond motifs is 1. The zero-order valence-electron chi connectivity index (χ0n) is 12.0. The second-order valence-corrected chi connectivity index (χ2v) is 6.31. The summed E-state index contributed by atoms with van der Waals surface area (Å²) in [4.78, 5) is 2.45. The lowest BCUT2D eigenvalue weighted by Gasteiger charge is -2.32. The van der Waals surface area contributed by atoms with Gasteiger partial charge in [-0.15, -0.1) is 0 Å². The van der Waals surface area contributed by atoms with Gasteiger partial charge in [0.25, 0.3) is 0 Å². The molecule has 3 nitrogen and oxygen atoms in total. The van der Waals surface area contributed by atoms with Gasteiger partial charge < -0.3 is 9.47 Å². The van der Waals surface area contributed by atoms with Crippen molar-refractivity contribution in [2.75, 3.05) is 13.8 Å². The van der Waals surface area contributed by atoms with E-state index in [0.29, 0.717) is 19.4 Å². The standard InChI is InChI=1S/C16H22ClNO2/c1-18(15-5-3-2-4-6-15)9-12-7-14(17)8-13-10-19-11-20-16(12)13/h7-8,15H,2-6,9-11H2,1H3. The predicted octanol–water partition coefficient (Wildman–Crippen LogP) is 3.97. The second kappa shape index (κ2) is 6.33. The Balaban J connectivity index is 1.77. The molecule has 0 saturated heterocycles. The Kier molecular flexibility index (Phi) is 4.49. The summed E-state index contributed by atoms with van der Waals surface area (Å²) in [6.07, 6.45) is 6.71. The number of rotatable bonds is 3. The largest absolute Gasteiger partial charge is 0.467 e. The van der Waals surface area contributed by atoms with Crippen LogP contribution in [0.15, 0.2) is 12.1 Å². The van der Waals surface area contributed by atoms with Gasteiger partial charge in [-0.2, -0.15) is 0 Å². The highest BCUT2D eigenvalue weighted by Gasteiger charge is 2.21. The van der Waals surface area contributed by atoms with Crippen molar-refractivity contribution in [3.05, 3.63) is 28.3 Å². The van der Waals surface area contributed by atoms with Crippen molar-refractivity contribution in [1.29, 1.82) is 0 Å². The molecule has 3 rings (SSSR count). The topological polar surface area (TPSA) is 21.7 Å². The molecule has 4 heteroatoms. The molecular formula is C16H22ClNO2. The summed E-state index contributed by atoms with van der Waals surface area (Å²) in [6, 6.07) is 4.67. The monoisotopic (exact) mass is 295 g/mol. The summed E-state index contributed by atoms with van der Waals surface area (Å²) in [5, 5.41) is 0.768. The zero-order chi connectivity index (χ0) is 13.9. The summed E-state index contributed by atoms with van der Waals surface area (Å²) < 4.78 is 11.0. The Labute approximate surface area is 125 Å². The molecule has 0 N–H and O–H groups in total. The first-order valence-corrected chi connectivity index (χ1v) is 7.84. The molecule has 0 bridgehead atoms. The van der Waals surface area contributed by atoms with Gasteiger partial charge in [-0.3, -0.25) is 4.90 Å². The van der Waals surface area contributed by atoms with Gasteiger partial charge >= 0.3 is 0 Å². The van der Waals surface area contributed by atoms with Crippen LogP contribution in [0.2, 0.25) is 5.02 Å². The normalized spacial score (nSPS) is 19.8. The first-order chi connectivity index (χ1) is 9.74. The third-order valence-corrected chi connectivity index (χ3v) is 4.59. The lowest BCUT2D eigenvalue weighted by atomic mass is 9.94. The Hall–Kier alpha value is -0.770. The lowest BCUT2D eigenvalue weighted by Crippen LogP contribution is -2.33. The van der Waals surface area contributed by atoms with Gasteiger partial charge in [0.1, 0.15) is 5.75 Å². The first kappa shape index (κ1) is 14.2. The summed E-state index contributed by atoms with van der Waals surface area (Å²) in [5.41, 5.74) is 2.25. The van der Waals surface area contributed by atoms with Crippen molar-refractivity contribution >= 4 is 11.6 Å². The van der Waals surface area contributed by atoms with Crippen LogP contribution in [0, 0.1) is 0 Å². The van der Waals surface area contributed by atoms with Crippen LogP contribution < -0.4 is 4.74 Å². The van der Waals surface area contributed by atoms with Crippen LogP contribution in [-0.2, 0) is 17.9 Å². The van der Waals surface area contributed by atoms with Crippen molar-refractivity contribution in [2.45, 2.75) is 51.3 Å². The van der Waals surface area contributed by atoms with E-state index in [4.69, 9.17) is 21.1 Å². The third kappa shape index (κ3) is 3.11. The van der Waals surface area contributed by atoms with E-state index in [2.05, 4.69) is 11.9 Å². The maximum absolute atomic E-state index is 6.22. The van der Waals surface area contributed by atoms with Gasteiger partial charge in [0, 0.05) is 28.7 Å². The van der Waals surface area contributed by atoms with Crippen LogP contribution in [0.25, 0.3) is 0 Å². The third-order valence-electron chi connectivity index (χ3n) is 4.37. The average Bonchev–Trinajstić information content (AvgIpc) is 2.48. The van der Waals surface area contributed by atoms with Gasteiger partial charge in [0.2, 0.25) is 0 Å². The molecule has 1 aromatic rings. The Morgan fingerprint density at radius 2 is 2.05 bits per heavy atom. The van der Waals surface area contributed by atoms with Crippen LogP contribution in [-0.4, -0.2) is 24.8 Å². The van der Waals surface area contributed by atoms with Crippen molar-refractivity contribution in [2.24, 2.45) is 0 Å². The molecule has 1 saturated carbocycles. The fourth-order valence-electron chi connectivity index (χ4n) is 3.29. The Morgan fingerprint density at radius 1 is 1.25 bits per heavy atom. The average molecular weight is 296 g/mol. The molecule has 0 radical (unpaired) electrons. The molecule has 0 spiro atoms. The number of hydrogen-bond donors (Lipinski definition) is 0. The zero-order valence-corrected chi connectivity index (χ0v) is 12.8. The van der Waals surface area contributed by atoms with Crippen molar-refractivity contribution < 1.29 is 9.47 Å². The molecule has 0 unspecified atom stereocenters.